The highest BCUT2D eigenvalue weighted by Gasteiger charge is 2.59. The van der Waals surface area contributed by atoms with Gasteiger partial charge in [-0.3, -0.25) is 0 Å². The molecule has 2 unspecified atom stereocenters. The van der Waals surface area contributed by atoms with E-state index in [9.17, 15) is 29.6 Å². The van der Waals surface area contributed by atoms with Gasteiger partial charge in [0.05, 0.1) is 30.8 Å². The minimum atomic E-state index is -5.05. The van der Waals surface area contributed by atoms with Gasteiger partial charge < -0.3 is 40.0 Å². The molecule has 2 aliphatic carbocycles. The molecule has 0 amide bonds. The van der Waals surface area contributed by atoms with Gasteiger partial charge in [0, 0.05) is 11.8 Å². The van der Waals surface area contributed by atoms with E-state index in [1.807, 2.05) is 72.8 Å². The first-order chi connectivity index (χ1) is 16.8. The van der Waals surface area contributed by atoms with Crippen molar-refractivity contribution in [1.29, 1.82) is 0 Å². The van der Waals surface area contributed by atoms with Crippen LogP contribution in [0.1, 0.15) is 34.1 Å². The maximum atomic E-state index is 12.2. The lowest BCUT2D eigenvalue weighted by Gasteiger charge is -2.51. The lowest BCUT2D eigenvalue weighted by atomic mass is 9.58. The van der Waals surface area contributed by atoms with Crippen molar-refractivity contribution in [3.05, 3.63) is 82.9 Å². The third-order valence-electron chi connectivity index (χ3n) is 6.52. The topological polar surface area (TPSA) is 205 Å². The van der Waals surface area contributed by atoms with Crippen LogP contribution in [0.3, 0.4) is 0 Å². The number of phosphoric acid groups is 2. The number of fused-ring (bicyclic) bond motifs is 2. The Kier molecular flexibility index (Phi) is 8.57. The molecule has 0 aromatic heterocycles. The Bertz CT molecular complexity index is 1140. The van der Waals surface area contributed by atoms with Crippen LogP contribution in [0.15, 0.2) is 60.7 Å². The SMILES string of the molecule is O=P(O)(O)OP(=O)(O)O.OCC(CO)(CO)C(O)(C1C=Cc2ccccc21)C1C=Cc2ccccc21. The Morgan fingerprint density at radius 3 is 1.36 bits per heavy atom. The van der Waals surface area contributed by atoms with Gasteiger partial charge in [0.15, 0.2) is 0 Å². The van der Waals surface area contributed by atoms with E-state index >= 15 is 0 Å². The number of aliphatic hydroxyl groups excluding tert-OH is 3. The first-order valence-electron chi connectivity index (χ1n) is 10.7. The second-order valence-corrected chi connectivity index (χ2v) is 11.2. The van der Waals surface area contributed by atoms with Crippen molar-refractivity contribution in [3.8, 4) is 0 Å². The highest BCUT2D eigenvalue weighted by molar-refractivity contribution is 7.60. The maximum Gasteiger partial charge on any atom is 0.478 e. The zero-order chi connectivity index (χ0) is 26.8. The average Bonchev–Trinajstić information content (AvgIpc) is 3.43. The van der Waals surface area contributed by atoms with E-state index in [0.29, 0.717) is 0 Å². The molecule has 196 valence electrons. The molecule has 4 rings (SSSR count). The first-order valence-corrected chi connectivity index (χ1v) is 13.8. The minimum absolute atomic E-state index is 0.471. The molecule has 8 N–H and O–H groups in total. The second kappa shape index (κ2) is 10.8. The van der Waals surface area contributed by atoms with Crippen LogP contribution >= 0.6 is 15.6 Å². The fourth-order valence-corrected chi connectivity index (χ4v) is 5.90. The van der Waals surface area contributed by atoms with Crippen LogP contribution < -0.4 is 0 Å². The van der Waals surface area contributed by atoms with Crippen LogP contribution in [-0.2, 0) is 13.4 Å². The van der Waals surface area contributed by atoms with Gasteiger partial charge in [0.25, 0.3) is 0 Å². The van der Waals surface area contributed by atoms with Crippen LogP contribution in [0.25, 0.3) is 12.2 Å². The van der Waals surface area contributed by atoms with Crippen molar-refractivity contribution in [2.45, 2.75) is 17.4 Å². The molecule has 0 bridgehead atoms. The van der Waals surface area contributed by atoms with Crippen molar-refractivity contribution in [2.24, 2.45) is 5.41 Å². The highest BCUT2D eigenvalue weighted by atomic mass is 31.3. The molecule has 2 atom stereocenters. The van der Waals surface area contributed by atoms with Gasteiger partial charge in [-0.25, -0.2) is 9.13 Å². The molecule has 36 heavy (non-hydrogen) atoms. The smallest absolute Gasteiger partial charge is 0.395 e. The molecular weight excluding hydrogens is 514 g/mol. The highest BCUT2D eigenvalue weighted by Crippen LogP contribution is 2.56. The summed E-state index contributed by atoms with van der Waals surface area (Å²) < 4.78 is 22.2. The predicted molar refractivity (Wildman–Crippen MR) is 130 cm³/mol. The van der Waals surface area contributed by atoms with Crippen LogP contribution in [0.2, 0.25) is 0 Å². The van der Waals surface area contributed by atoms with E-state index in [1.165, 1.54) is 0 Å². The number of hydrogen-bond acceptors (Lipinski definition) is 7. The summed E-state index contributed by atoms with van der Waals surface area (Å²) in [6.07, 6.45) is 7.73. The molecule has 0 heterocycles. The number of aliphatic hydroxyl groups is 4. The molecule has 0 fully saturated rings. The second-order valence-electron chi connectivity index (χ2n) is 8.57. The zero-order valence-electron chi connectivity index (χ0n) is 18.9. The molecule has 2 aromatic carbocycles. The lowest BCUT2D eigenvalue weighted by molar-refractivity contribution is -0.166. The van der Waals surface area contributed by atoms with Gasteiger partial charge in [-0.1, -0.05) is 72.8 Å². The summed E-state index contributed by atoms with van der Waals surface area (Å²) in [5.41, 5.74) is 0.761. The summed E-state index contributed by atoms with van der Waals surface area (Å²) in [4.78, 5) is 31.0. The molecular formula is C23H28O11P2. The van der Waals surface area contributed by atoms with Gasteiger partial charge in [0.2, 0.25) is 0 Å². The van der Waals surface area contributed by atoms with Gasteiger partial charge in [-0.2, -0.15) is 4.31 Å². The summed E-state index contributed by atoms with van der Waals surface area (Å²) in [5.74, 6) is -0.943. The molecule has 0 radical (unpaired) electrons. The number of hydrogen-bond donors (Lipinski definition) is 8. The molecule has 0 saturated heterocycles. The van der Waals surface area contributed by atoms with E-state index in [1.54, 1.807) is 0 Å². The maximum absolute atomic E-state index is 12.2. The monoisotopic (exact) mass is 542 g/mol. The minimum Gasteiger partial charge on any atom is -0.395 e. The Hall–Kier alpha value is -1.98. The van der Waals surface area contributed by atoms with Crippen molar-refractivity contribution >= 4 is 27.8 Å². The van der Waals surface area contributed by atoms with Crippen LogP contribution in [0.5, 0.6) is 0 Å². The molecule has 0 spiro atoms. The zero-order valence-corrected chi connectivity index (χ0v) is 20.7. The molecule has 11 nitrogen and oxygen atoms in total. The summed E-state index contributed by atoms with van der Waals surface area (Å²) in [6, 6.07) is 15.6. The van der Waals surface area contributed by atoms with Crippen molar-refractivity contribution < 1.29 is 53.4 Å². The predicted octanol–water partition coefficient (Wildman–Crippen LogP) is 1.49. The van der Waals surface area contributed by atoms with E-state index in [-0.39, 0.29) is 0 Å². The third kappa shape index (κ3) is 5.62. The normalized spacial score (nSPS) is 20.3. The summed E-state index contributed by atoms with van der Waals surface area (Å²) >= 11 is 0. The van der Waals surface area contributed by atoms with Gasteiger partial charge >= 0.3 is 15.6 Å². The Morgan fingerprint density at radius 2 is 1.06 bits per heavy atom. The van der Waals surface area contributed by atoms with Crippen LogP contribution in [0, 0.1) is 5.41 Å². The molecule has 2 aromatic rings. The number of rotatable bonds is 8. The number of benzene rings is 2. The lowest BCUT2D eigenvalue weighted by Crippen LogP contribution is -2.61. The third-order valence-corrected chi connectivity index (χ3v) is 8.22. The van der Waals surface area contributed by atoms with Crippen LogP contribution in [0.4, 0.5) is 0 Å². The molecule has 0 saturated carbocycles. The Morgan fingerprint density at radius 1 is 0.694 bits per heavy atom. The fourth-order valence-electron chi connectivity index (χ4n) is 4.79. The average molecular weight is 542 g/mol. The van der Waals surface area contributed by atoms with E-state index < -0.39 is 58.3 Å². The van der Waals surface area contributed by atoms with Gasteiger partial charge in [-0.15, -0.1) is 0 Å². The van der Waals surface area contributed by atoms with Gasteiger partial charge in [0.1, 0.15) is 0 Å². The van der Waals surface area contributed by atoms with E-state index in [0.717, 1.165) is 22.3 Å². The fraction of sp³-hybridized carbons (Fsp3) is 0.304. The summed E-state index contributed by atoms with van der Waals surface area (Å²) in [7, 11) is -10.1. The van der Waals surface area contributed by atoms with Gasteiger partial charge in [-0.05, 0) is 22.3 Å². The Labute approximate surface area is 207 Å². The molecule has 2 aliphatic rings. The van der Waals surface area contributed by atoms with Crippen molar-refractivity contribution in [1.82, 2.24) is 0 Å². The van der Waals surface area contributed by atoms with E-state index in [2.05, 4.69) is 4.31 Å². The Balaban J connectivity index is 0.000000345. The first kappa shape index (κ1) is 28.6. The van der Waals surface area contributed by atoms with Crippen LogP contribution in [-0.4, -0.2) is 65.4 Å². The van der Waals surface area contributed by atoms with Crippen molar-refractivity contribution in [2.75, 3.05) is 19.8 Å². The van der Waals surface area contributed by atoms with E-state index in [4.69, 9.17) is 19.6 Å². The summed E-state index contributed by atoms with van der Waals surface area (Å²) in [6.45, 7) is -1.60. The quantitative estimate of drug-likeness (QED) is 0.224. The summed E-state index contributed by atoms with van der Waals surface area (Å²) in [5, 5.41) is 42.8. The standard InChI is InChI=1S/C23H24O4.H4O7P2/c24-13-22(14-25,15-26)23(27,20-11-9-16-5-1-3-7-18(16)20)21-12-10-17-6-2-4-8-19(17)21;1-8(2,3)7-9(4,5)6/h1-12,20-21,24-27H,13-15H2;(H2,1,2,3)(H2,4,5,6). The largest absolute Gasteiger partial charge is 0.478 e. The van der Waals surface area contributed by atoms with Crippen molar-refractivity contribution in [3.63, 3.8) is 0 Å². The molecule has 0 aliphatic heterocycles. The molecule has 13 heteroatoms.